The Morgan fingerprint density at radius 2 is 2.03 bits per heavy atom. The smallest absolute Gasteiger partial charge is 0.474 e. The van der Waals surface area contributed by atoms with Crippen molar-refractivity contribution < 1.29 is 37.1 Å². The van der Waals surface area contributed by atoms with E-state index in [4.69, 9.17) is 18.9 Å². The van der Waals surface area contributed by atoms with Crippen LogP contribution in [-0.2, 0) is 22.2 Å². The molecule has 0 spiro atoms. The molecule has 0 unspecified atom stereocenters. The third-order valence-electron chi connectivity index (χ3n) is 4.29. The number of hydrogen-bond acceptors (Lipinski definition) is 7. The van der Waals surface area contributed by atoms with Crippen molar-refractivity contribution in [2.24, 2.45) is 5.92 Å². The average Bonchev–Trinajstić information content (AvgIpc) is 3.07. The van der Waals surface area contributed by atoms with Crippen LogP contribution < -0.4 is 14.9 Å². The zero-order chi connectivity index (χ0) is 22.6. The molecule has 1 aromatic heterocycles. The number of rotatable bonds is 8. The van der Waals surface area contributed by atoms with E-state index < -0.39 is 24.7 Å². The second-order valence-corrected chi connectivity index (χ2v) is 7.25. The Kier molecular flexibility index (Phi) is 7.05. The molecule has 0 aliphatic carbocycles. The highest BCUT2D eigenvalue weighted by Crippen LogP contribution is 2.39. The molecule has 2 aromatic rings. The van der Waals surface area contributed by atoms with Gasteiger partial charge in [0, 0.05) is 6.61 Å². The summed E-state index contributed by atoms with van der Waals surface area (Å²) in [6.45, 7) is 4.75. The van der Waals surface area contributed by atoms with Gasteiger partial charge in [0.25, 0.3) is 0 Å². The SMILES string of the molecule is CC(C)COCCOc1nc(Oc2ccc3c(c2)COB3O)c(C(F)(F)F)cc1C#N. The number of hydrogen-bond donors (Lipinski definition) is 1. The molecule has 0 atom stereocenters. The fourth-order valence-corrected chi connectivity index (χ4v) is 2.85. The Bertz CT molecular complexity index is 979. The number of benzene rings is 1. The summed E-state index contributed by atoms with van der Waals surface area (Å²) in [5.41, 5.74) is -0.467. The predicted octanol–water partition coefficient (Wildman–Crippen LogP) is 3.03. The molecule has 3 rings (SSSR count). The fraction of sp³-hybridized carbons (Fsp3) is 0.400. The minimum atomic E-state index is -4.80. The van der Waals surface area contributed by atoms with E-state index in [1.807, 2.05) is 13.8 Å². The van der Waals surface area contributed by atoms with Gasteiger partial charge in [0.2, 0.25) is 11.8 Å². The first-order valence-electron chi connectivity index (χ1n) is 9.52. The molecule has 31 heavy (non-hydrogen) atoms. The van der Waals surface area contributed by atoms with Crippen LogP contribution in [-0.4, -0.2) is 36.9 Å². The van der Waals surface area contributed by atoms with Crippen LogP contribution in [0.4, 0.5) is 13.2 Å². The molecule has 1 N–H and O–H groups in total. The molecule has 0 saturated carbocycles. The zero-order valence-corrected chi connectivity index (χ0v) is 16.9. The summed E-state index contributed by atoms with van der Waals surface area (Å²) in [4.78, 5) is 3.82. The molecule has 11 heteroatoms. The van der Waals surface area contributed by atoms with E-state index in [2.05, 4.69) is 4.98 Å². The van der Waals surface area contributed by atoms with Crippen molar-refractivity contribution in [3.8, 4) is 23.6 Å². The summed E-state index contributed by atoms with van der Waals surface area (Å²) in [7, 11) is -1.08. The first kappa shape index (κ1) is 22.9. The van der Waals surface area contributed by atoms with E-state index in [-0.39, 0.29) is 37.0 Å². The molecular weight excluding hydrogens is 416 g/mol. The van der Waals surface area contributed by atoms with Crippen molar-refractivity contribution in [2.45, 2.75) is 26.6 Å². The standard InChI is InChI=1S/C20H20BF3N2O5/c1-12(2)10-28-5-6-29-18-13(9-25)8-16(20(22,23)24)19(26-18)31-15-3-4-17-14(7-15)11-30-21(17)27/h3-4,7-8,12,27H,5-6,10-11H2,1-2H3. The lowest BCUT2D eigenvalue weighted by molar-refractivity contribution is -0.138. The van der Waals surface area contributed by atoms with Gasteiger partial charge < -0.3 is 23.9 Å². The normalized spacial score (nSPS) is 13.3. The summed E-state index contributed by atoms with van der Waals surface area (Å²) in [6, 6.07) is 6.68. The van der Waals surface area contributed by atoms with Crippen LogP contribution in [0.5, 0.6) is 17.5 Å². The minimum absolute atomic E-state index is 0.00722. The van der Waals surface area contributed by atoms with Crippen LogP contribution in [0.15, 0.2) is 24.3 Å². The first-order chi connectivity index (χ1) is 14.7. The van der Waals surface area contributed by atoms with Gasteiger partial charge in [0.1, 0.15) is 29.6 Å². The molecule has 0 radical (unpaired) electrons. The van der Waals surface area contributed by atoms with E-state index in [0.717, 1.165) is 0 Å². The molecule has 2 heterocycles. The van der Waals surface area contributed by atoms with E-state index in [1.54, 1.807) is 6.07 Å². The van der Waals surface area contributed by atoms with Gasteiger partial charge in [-0.2, -0.15) is 23.4 Å². The number of fused-ring (bicyclic) bond motifs is 1. The molecule has 1 aliphatic rings. The molecule has 164 valence electrons. The summed E-state index contributed by atoms with van der Waals surface area (Å²) in [5, 5.41) is 18.9. The van der Waals surface area contributed by atoms with Gasteiger partial charge in [-0.05, 0) is 35.1 Å². The second kappa shape index (κ2) is 9.55. The van der Waals surface area contributed by atoms with Crippen LogP contribution in [0.1, 0.15) is 30.5 Å². The Labute approximate surface area is 177 Å². The van der Waals surface area contributed by atoms with Crippen molar-refractivity contribution in [2.75, 3.05) is 19.8 Å². The number of halogens is 3. The summed E-state index contributed by atoms with van der Waals surface area (Å²) < 4.78 is 61.9. The van der Waals surface area contributed by atoms with Crippen molar-refractivity contribution in [3.63, 3.8) is 0 Å². The van der Waals surface area contributed by atoms with Gasteiger partial charge in [0.05, 0.1) is 13.2 Å². The van der Waals surface area contributed by atoms with E-state index in [9.17, 15) is 23.5 Å². The Morgan fingerprint density at radius 3 is 2.71 bits per heavy atom. The predicted molar refractivity (Wildman–Crippen MR) is 104 cm³/mol. The number of alkyl halides is 3. The van der Waals surface area contributed by atoms with Crippen molar-refractivity contribution in [3.05, 3.63) is 41.0 Å². The number of aromatic nitrogens is 1. The molecule has 0 fully saturated rings. The van der Waals surface area contributed by atoms with Gasteiger partial charge in [-0.15, -0.1) is 0 Å². The molecule has 0 bridgehead atoms. The van der Waals surface area contributed by atoms with Crippen LogP contribution in [0.25, 0.3) is 0 Å². The third kappa shape index (κ3) is 5.67. The Balaban J connectivity index is 1.86. The number of pyridine rings is 1. The minimum Gasteiger partial charge on any atom is -0.474 e. The maximum absolute atomic E-state index is 13.6. The number of ether oxygens (including phenoxy) is 3. The van der Waals surface area contributed by atoms with Gasteiger partial charge in [0.15, 0.2) is 0 Å². The summed E-state index contributed by atoms with van der Waals surface area (Å²) in [5.74, 6) is -0.634. The van der Waals surface area contributed by atoms with E-state index in [0.29, 0.717) is 29.6 Å². The topological polar surface area (TPSA) is 93.8 Å². The second-order valence-electron chi connectivity index (χ2n) is 7.25. The summed E-state index contributed by atoms with van der Waals surface area (Å²) >= 11 is 0. The largest absolute Gasteiger partial charge is 0.491 e. The maximum atomic E-state index is 13.6. The van der Waals surface area contributed by atoms with Crippen molar-refractivity contribution >= 4 is 12.6 Å². The van der Waals surface area contributed by atoms with Crippen LogP contribution >= 0.6 is 0 Å². The average molecular weight is 436 g/mol. The zero-order valence-electron chi connectivity index (χ0n) is 16.9. The molecule has 0 saturated heterocycles. The fourth-order valence-electron chi connectivity index (χ4n) is 2.85. The van der Waals surface area contributed by atoms with Crippen LogP contribution in [0.3, 0.4) is 0 Å². The molecule has 1 aliphatic heterocycles. The van der Waals surface area contributed by atoms with Crippen LogP contribution in [0.2, 0.25) is 0 Å². The van der Waals surface area contributed by atoms with Crippen molar-refractivity contribution in [1.82, 2.24) is 4.98 Å². The van der Waals surface area contributed by atoms with Gasteiger partial charge in [-0.3, -0.25) is 0 Å². The third-order valence-corrected chi connectivity index (χ3v) is 4.29. The quantitative estimate of drug-likeness (QED) is 0.502. The van der Waals surface area contributed by atoms with E-state index in [1.165, 1.54) is 18.2 Å². The molecular formula is C20H20BF3N2O5. The highest BCUT2D eigenvalue weighted by Gasteiger charge is 2.37. The number of nitrogens with zero attached hydrogens (tertiary/aromatic N) is 2. The van der Waals surface area contributed by atoms with E-state index >= 15 is 0 Å². The first-order valence-corrected chi connectivity index (χ1v) is 9.52. The highest BCUT2D eigenvalue weighted by molar-refractivity contribution is 6.61. The van der Waals surface area contributed by atoms with Gasteiger partial charge >= 0.3 is 13.3 Å². The lowest BCUT2D eigenvalue weighted by Gasteiger charge is -2.16. The van der Waals surface area contributed by atoms with Gasteiger partial charge in [-0.1, -0.05) is 19.9 Å². The van der Waals surface area contributed by atoms with Gasteiger partial charge in [-0.25, -0.2) is 0 Å². The Morgan fingerprint density at radius 1 is 1.26 bits per heavy atom. The van der Waals surface area contributed by atoms with Crippen LogP contribution in [0, 0.1) is 17.2 Å². The monoisotopic (exact) mass is 436 g/mol. The lowest BCUT2D eigenvalue weighted by atomic mass is 9.80. The maximum Gasteiger partial charge on any atom is 0.491 e. The highest BCUT2D eigenvalue weighted by atomic mass is 19.4. The molecule has 1 aromatic carbocycles. The molecule has 0 amide bonds. The van der Waals surface area contributed by atoms with Crippen molar-refractivity contribution in [1.29, 1.82) is 5.26 Å². The Hall–Kier alpha value is -2.81. The summed E-state index contributed by atoms with van der Waals surface area (Å²) in [6.07, 6.45) is -4.80. The number of nitriles is 1. The molecule has 7 nitrogen and oxygen atoms in total. The lowest BCUT2D eigenvalue weighted by Crippen LogP contribution is -2.27.